The number of nitro groups is 1. The van der Waals surface area contributed by atoms with Gasteiger partial charge in [-0.3, -0.25) is 14.9 Å². The van der Waals surface area contributed by atoms with Crippen molar-refractivity contribution in [2.75, 3.05) is 13.6 Å². The van der Waals surface area contributed by atoms with E-state index < -0.39 is 16.4 Å². The molecule has 0 aliphatic carbocycles. The Labute approximate surface area is 103 Å². The van der Waals surface area contributed by atoms with Crippen LogP contribution in [0, 0.1) is 15.9 Å². The van der Waals surface area contributed by atoms with Gasteiger partial charge in [-0.2, -0.15) is 4.39 Å². The summed E-state index contributed by atoms with van der Waals surface area (Å²) in [6, 6.07) is 4.01. The third-order valence-corrected chi connectivity index (χ3v) is 2.38. The van der Waals surface area contributed by atoms with E-state index >= 15 is 0 Å². The van der Waals surface area contributed by atoms with E-state index in [-0.39, 0.29) is 24.4 Å². The molecule has 98 valence electrons. The number of nitrogens with one attached hydrogen (secondary N) is 2. The van der Waals surface area contributed by atoms with E-state index in [0.717, 1.165) is 6.07 Å². The van der Waals surface area contributed by atoms with Crippen molar-refractivity contribution in [3.8, 4) is 0 Å². The molecule has 6 nitrogen and oxygen atoms in total. The van der Waals surface area contributed by atoms with Crippen molar-refractivity contribution in [1.29, 1.82) is 0 Å². The summed E-state index contributed by atoms with van der Waals surface area (Å²) >= 11 is 0. The van der Waals surface area contributed by atoms with E-state index in [9.17, 15) is 19.3 Å². The quantitative estimate of drug-likeness (QED) is 0.450. The summed E-state index contributed by atoms with van der Waals surface area (Å²) in [5.41, 5.74) is -0.332. The average Bonchev–Trinajstić information content (AvgIpc) is 2.35. The van der Waals surface area contributed by atoms with Gasteiger partial charge in [0.2, 0.25) is 11.7 Å². The number of benzene rings is 1. The van der Waals surface area contributed by atoms with E-state index in [1.807, 2.05) is 0 Å². The van der Waals surface area contributed by atoms with Gasteiger partial charge in [0.15, 0.2) is 0 Å². The van der Waals surface area contributed by atoms with Crippen LogP contribution in [0.25, 0.3) is 0 Å². The minimum atomic E-state index is -0.838. The van der Waals surface area contributed by atoms with Crippen LogP contribution < -0.4 is 10.6 Å². The Hall–Kier alpha value is -2.02. The highest BCUT2D eigenvalue weighted by Crippen LogP contribution is 2.19. The highest BCUT2D eigenvalue weighted by atomic mass is 19.1. The third-order valence-electron chi connectivity index (χ3n) is 2.38. The molecule has 0 aromatic heterocycles. The molecule has 2 N–H and O–H groups in total. The SMILES string of the molecule is CNC(=O)CCNCc1cccc([N+](=O)[O-])c1F. The molecule has 0 atom stereocenters. The molecule has 0 aliphatic rings. The highest BCUT2D eigenvalue weighted by molar-refractivity contribution is 5.75. The predicted octanol–water partition coefficient (Wildman–Crippen LogP) is 0.960. The fourth-order valence-electron chi connectivity index (χ4n) is 1.39. The first-order chi connectivity index (χ1) is 8.56. The third kappa shape index (κ3) is 3.77. The Morgan fingerprint density at radius 3 is 2.83 bits per heavy atom. The van der Waals surface area contributed by atoms with E-state index in [1.54, 1.807) is 0 Å². The minimum absolute atomic E-state index is 0.123. The van der Waals surface area contributed by atoms with Crippen molar-refractivity contribution < 1.29 is 14.1 Å². The lowest BCUT2D eigenvalue weighted by Crippen LogP contribution is -2.24. The smallest absolute Gasteiger partial charge is 0.305 e. The summed E-state index contributed by atoms with van der Waals surface area (Å²) in [6.45, 7) is 0.520. The molecule has 18 heavy (non-hydrogen) atoms. The number of hydrogen-bond donors (Lipinski definition) is 2. The molecule has 1 amide bonds. The summed E-state index contributed by atoms with van der Waals surface area (Å²) in [4.78, 5) is 20.7. The molecule has 0 spiro atoms. The molecule has 0 unspecified atom stereocenters. The number of halogens is 1. The molecule has 0 fully saturated rings. The molecule has 1 aromatic carbocycles. The molecule has 0 aliphatic heterocycles. The molecule has 1 rings (SSSR count). The number of hydrogen-bond acceptors (Lipinski definition) is 4. The maximum atomic E-state index is 13.6. The fourth-order valence-corrected chi connectivity index (χ4v) is 1.39. The van der Waals surface area contributed by atoms with Crippen LogP contribution in [0.15, 0.2) is 18.2 Å². The van der Waals surface area contributed by atoms with Crippen LogP contribution in [0.3, 0.4) is 0 Å². The monoisotopic (exact) mass is 255 g/mol. The number of rotatable bonds is 6. The first-order valence-corrected chi connectivity index (χ1v) is 5.39. The Bertz CT molecular complexity index is 451. The maximum absolute atomic E-state index is 13.6. The van der Waals surface area contributed by atoms with Crippen molar-refractivity contribution in [3.05, 3.63) is 39.7 Å². The minimum Gasteiger partial charge on any atom is -0.359 e. The Kier molecular flexibility index (Phi) is 5.19. The zero-order valence-electron chi connectivity index (χ0n) is 9.90. The van der Waals surface area contributed by atoms with Crippen LogP contribution in [0.5, 0.6) is 0 Å². The van der Waals surface area contributed by atoms with Crippen LogP contribution in [0.1, 0.15) is 12.0 Å². The van der Waals surface area contributed by atoms with Gasteiger partial charge < -0.3 is 10.6 Å². The average molecular weight is 255 g/mol. The van der Waals surface area contributed by atoms with Crippen LogP contribution >= 0.6 is 0 Å². The second-order valence-electron chi connectivity index (χ2n) is 3.61. The van der Waals surface area contributed by atoms with Crippen molar-refractivity contribution >= 4 is 11.6 Å². The fraction of sp³-hybridized carbons (Fsp3) is 0.364. The van der Waals surface area contributed by atoms with Gasteiger partial charge in [-0.25, -0.2) is 0 Å². The molecule has 0 saturated heterocycles. The Morgan fingerprint density at radius 1 is 1.50 bits per heavy atom. The molecule has 7 heteroatoms. The van der Waals surface area contributed by atoms with Gasteiger partial charge in [0, 0.05) is 38.2 Å². The van der Waals surface area contributed by atoms with E-state index in [1.165, 1.54) is 19.2 Å². The largest absolute Gasteiger partial charge is 0.359 e. The molecular formula is C11H14FN3O3. The van der Waals surface area contributed by atoms with Gasteiger partial charge in [-0.1, -0.05) is 12.1 Å². The number of nitro benzene ring substituents is 1. The lowest BCUT2D eigenvalue weighted by molar-refractivity contribution is -0.387. The first-order valence-electron chi connectivity index (χ1n) is 5.39. The van der Waals surface area contributed by atoms with Crippen molar-refractivity contribution in [3.63, 3.8) is 0 Å². The van der Waals surface area contributed by atoms with E-state index in [4.69, 9.17) is 0 Å². The summed E-state index contributed by atoms with van der Waals surface area (Å²) in [5, 5.41) is 15.8. The van der Waals surface area contributed by atoms with Gasteiger partial charge in [-0.05, 0) is 0 Å². The second kappa shape index (κ2) is 6.65. The molecule has 1 aromatic rings. The van der Waals surface area contributed by atoms with Crippen LogP contribution in [-0.4, -0.2) is 24.4 Å². The van der Waals surface area contributed by atoms with Gasteiger partial charge in [0.05, 0.1) is 4.92 Å². The zero-order chi connectivity index (χ0) is 13.5. The summed E-state index contributed by atoms with van der Waals surface area (Å²) in [6.07, 6.45) is 0.271. The van der Waals surface area contributed by atoms with Crippen molar-refractivity contribution in [1.82, 2.24) is 10.6 Å². The first kappa shape index (κ1) is 14.0. The number of nitrogens with zero attached hydrogens (tertiary/aromatic N) is 1. The predicted molar refractivity (Wildman–Crippen MR) is 63.4 cm³/mol. The number of amides is 1. The summed E-state index contributed by atoms with van der Waals surface area (Å²) in [7, 11) is 1.53. The molecule has 0 saturated carbocycles. The Balaban J connectivity index is 2.55. The molecule has 0 heterocycles. The van der Waals surface area contributed by atoms with Gasteiger partial charge in [0.1, 0.15) is 0 Å². The van der Waals surface area contributed by atoms with Gasteiger partial charge >= 0.3 is 5.69 Å². The van der Waals surface area contributed by atoms with Gasteiger partial charge in [0.25, 0.3) is 0 Å². The van der Waals surface area contributed by atoms with Crippen molar-refractivity contribution in [2.24, 2.45) is 0 Å². The van der Waals surface area contributed by atoms with Crippen LogP contribution in [0.4, 0.5) is 10.1 Å². The lowest BCUT2D eigenvalue weighted by atomic mass is 10.2. The van der Waals surface area contributed by atoms with Crippen LogP contribution in [0.2, 0.25) is 0 Å². The van der Waals surface area contributed by atoms with Crippen LogP contribution in [-0.2, 0) is 11.3 Å². The highest BCUT2D eigenvalue weighted by Gasteiger charge is 2.16. The number of carbonyl (C=O) groups is 1. The lowest BCUT2D eigenvalue weighted by Gasteiger charge is -2.05. The van der Waals surface area contributed by atoms with E-state index in [0.29, 0.717) is 6.54 Å². The normalized spacial score (nSPS) is 10.1. The van der Waals surface area contributed by atoms with E-state index in [2.05, 4.69) is 10.6 Å². The standard InChI is InChI=1S/C11H14FN3O3/c1-13-10(16)5-6-14-7-8-3-2-4-9(11(8)12)15(17)18/h2-4,14H,5-7H2,1H3,(H,13,16). The molecular weight excluding hydrogens is 241 g/mol. The molecule has 0 bridgehead atoms. The second-order valence-corrected chi connectivity index (χ2v) is 3.61. The topological polar surface area (TPSA) is 84.3 Å². The maximum Gasteiger partial charge on any atom is 0.305 e. The summed E-state index contributed by atoms with van der Waals surface area (Å²) < 4.78 is 13.6. The number of carbonyl (C=O) groups excluding carboxylic acids is 1. The summed E-state index contributed by atoms with van der Waals surface area (Å²) in [5.74, 6) is -0.961. The van der Waals surface area contributed by atoms with Crippen molar-refractivity contribution in [2.45, 2.75) is 13.0 Å². The zero-order valence-corrected chi connectivity index (χ0v) is 9.90. The Morgan fingerprint density at radius 2 is 2.22 bits per heavy atom. The molecule has 0 radical (unpaired) electrons. The van der Waals surface area contributed by atoms with Gasteiger partial charge in [-0.15, -0.1) is 0 Å².